The Morgan fingerprint density at radius 1 is 0.465 bits per heavy atom. The molecular formula is C65H68O21. The van der Waals surface area contributed by atoms with Gasteiger partial charge in [0.2, 0.25) is 24.0 Å². The minimum Gasteiger partial charge on any atom is -0.497 e. The Morgan fingerprint density at radius 3 is 1.44 bits per heavy atom. The number of esters is 4. The Hall–Kier alpha value is -7.64. The highest BCUT2D eigenvalue weighted by Crippen LogP contribution is 2.45. The second-order valence-electron chi connectivity index (χ2n) is 20.7. The summed E-state index contributed by atoms with van der Waals surface area (Å²) in [6.45, 7) is 2.52. The largest absolute Gasteiger partial charge is 0.497 e. The first-order chi connectivity index (χ1) is 41.8. The monoisotopic (exact) mass is 1180 g/mol. The van der Waals surface area contributed by atoms with Crippen LogP contribution in [0.3, 0.4) is 0 Å². The van der Waals surface area contributed by atoms with Crippen LogP contribution in [0.25, 0.3) is 0 Å². The molecule has 6 aromatic carbocycles. The van der Waals surface area contributed by atoms with Crippen LogP contribution in [0.15, 0.2) is 176 Å². The van der Waals surface area contributed by atoms with Gasteiger partial charge in [-0.3, -0.25) is 0 Å². The van der Waals surface area contributed by atoms with E-state index in [0.717, 1.165) is 18.2 Å². The van der Waals surface area contributed by atoms with Gasteiger partial charge in [-0.25, -0.2) is 19.2 Å². The van der Waals surface area contributed by atoms with Crippen molar-refractivity contribution in [3.8, 4) is 11.5 Å². The first-order valence-corrected chi connectivity index (χ1v) is 27.9. The number of methoxy groups -OCH3 is 4. The molecule has 4 aliphatic rings. The van der Waals surface area contributed by atoms with Crippen LogP contribution in [-0.4, -0.2) is 157 Å². The van der Waals surface area contributed by atoms with Gasteiger partial charge in [-0.2, -0.15) is 0 Å². The molecular weight excluding hydrogens is 1120 g/mol. The summed E-state index contributed by atoms with van der Waals surface area (Å²) < 4.78 is 109. The first kappa shape index (κ1) is 61.4. The Morgan fingerprint density at radius 2 is 0.930 bits per heavy atom. The van der Waals surface area contributed by atoms with Crippen molar-refractivity contribution >= 4 is 23.9 Å². The zero-order chi connectivity index (χ0) is 60.2. The van der Waals surface area contributed by atoms with Gasteiger partial charge in [0.05, 0.1) is 57.3 Å². The van der Waals surface area contributed by atoms with Crippen molar-refractivity contribution in [1.29, 1.82) is 0 Å². The predicted octanol–water partition coefficient (Wildman–Crippen LogP) is 7.81. The minimum absolute atomic E-state index is 0.0671. The predicted molar refractivity (Wildman–Crippen MR) is 301 cm³/mol. The highest BCUT2D eigenvalue weighted by atomic mass is 16.8. The van der Waals surface area contributed by atoms with Crippen LogP contribution in [0.4, 0.5) is 0 Å². The lowest BCUT2D eigenvalue weighted by Gasteiger charge is -2.56. The van der Waals surface area contributed by atoms with Gasteiger partial charge in [0.1, 0.15) is 48.1 Å². The SMILES string of the molecule is COC(=O)[C@H]1O[C@H](O[C@H]2[C@H](O[C@@H]3CO[C@@H](Oc4ccc(OC)cc4)[C@H](OC(=O)c4ccccc4)[C@H]3OC(=O)c3ccccc3)OC[C@H]3O[C@](C)(OC)[C@@](C)(OC)O[C@H]23)[C@H](OCc2ccccc2)[C@@H](OCc2ccccc2)[C@@H]1OC(=O)c1ccccc1. The molecule has 10 rings (SSSR count). The van der Waals surface area contributed by atoms with Crippen LogP contribution in [-0.2, 0) is 89.1 Å². The lowest BCUT2D eigenvalue weighted by Crippen LogP contribution is -2.72. The van der Waals surface area contributed by atoms with Crippen molar-refractivity contribution in [1.82, 2.24) is 0 Å². The summed E-state index contributed by atoms with van der Waals surface area (Å²) in [4.78, 5) is 57.1. The molecule has 0 aromatic heterocycles. The fourth-order valence-electron chi connectivity index (χ4n) is 10.4. The van der Waals surface area contributed by atoms with E-state index in [2.05, 4.69) is 0 Å². The molecule has 4 aliphatic heterocycles. The second-order valence-corrected chi connectivity index (χ2v) is 20.7. The van der Waals surface area contributed by atoms with Crippen molar-refractivity contribution in [3.05, 3.63) is 204 Å². The van der Waals surface area contributed by atoms with Gasteiger partial charge in [-0.05, 0) is 85.6 Å². The lowest BCUT2D eigenvalue weighted by molar-refractivity contribution is -0.480. The van der Waals surface area contributed by atoms with E-state index in [1.54, 1.807) is 129 Å². The fraction of sp³-hybridized carbons (Fsp3) is 0.385. The molecule has 4 heterocycles. The van der Waals surface area contributed by atoms with Gasteiger partial charge in [0.25, 0.3) is 0 Å². The molecule has 0 unspecified atom stereocenters. The quantitative estimate of drug-likeness (QED) is 0.0466. The summed E-state index contributed by atoms with van der Waals surface area (Å²) in [6, 6.07) is 49.7. The Labute approximate surface area is 497 Å². The highest BCUT2D eigenvalue weighted by molar-refractivity contribution is 5.91. The average Bonchev–Trinajstić information content (AvgIpc) is 1.15. The van der Waals surface area contributed by atoms with E-state index in [1.807, 2.05) is 60.7 Å². The normalized spacial score (nSPS) is 29.7. The fourth-order valence-corrected chi connectivity index (χ4v) is 10.4. The smallest absolute Gasteiger partial charge is 0.339 e. The Kier molecular flexibility index (Phi) is 20.2. The Bertz CT molecular complexity index is 3140. The van der Waals surface area contributed by atoms with Crippen LogP contribution in [0, 0.1) is 0 Å². The van der Waals surface area contributed by atoms with Crippen LogP contribution < -0.4 is 9.47 Å². The van der Waals surface area contributed by atoms with Crippen LogP contribution >= 0.6 is 0 Å². The standard InChI is InChI=1S/C65H68O21/c1-64(72-5)65(2,73-6)86-50-48(85-64)39-77-62(79-47-38-76-61(78-46-34-32-45(70-3)33-35-46)55(82-59(68)44-30-20-11-21-31-44)49(47)80-57(66)42-26-16-9-17-27-42)56(50)84-63-54(75-37-41-24-14-8-15-25-41)51(74-36-40-22-12-7-13-23-40)52(53(83-63)60(69)71-4)81-58(67)43-28-18-10-19-29-43/h7-35,47-56,61-63H,36-39H2,1-6H3/t47-,48-,49+,50+,51+,52+,53+,54-,55-,56-,61+,62+,63-,64+,65+/m1/s1. The zero-order valence-electron chi connectivity index (χ0n) is 48.2. The summed E-state index contributed by atoms with van der Waals surface area (Å²) in [7, 11) is 5.54. The van der Waals surface area contributed by atoms with Gasteiger partial charge in [0.15, 0.2) is 30.9 Å². The molecule has 0 saturated carbocycles. The van der Waals surface area contributed by atoms with E-state index < -0.39 is 115 Å². The van der Waals surface area contributed by atoms with Crippen LogP contribution in [0.2, 0.25) is 0 Å². The number of ether oxygens (including phenoxy) is 17. The van der Waals surface area contributed by atoms with Crippen molar-refractivity contribution in [2.75, 3.05) is 41.7 Å². The summed E-state index contributed by atoms with van der Waals surface area (Å²) in [6.07, 6.45) is -18.8. The molecule has 0 radical (unpaired) electrons. The van der Waals surface area contributed by atoms with Crippen LogP contribution in [0.5, 0.6) is 11.5 Å². The third-order valence-electron chi connectivity index (χ3n) is 15.3. The molecule has 21 nitrogen and oxygen atoms in total. The number of carbonyl (C=O) groups excluding carboxylic acids is 4. The van der Waals surface area contributed by atoms with Gasteiger partial charge < -0.3 is 80.5 Å². The van der Waals surface area contributed by atoms with E-state index >= 15 is 0 Å². The Balaban J connectivity index is 1.06. The van der Waals surface area contributed by atoms with E-state index in [1.165, 1.54) is 21.3 Å². The number of hydrogen-bond acceptors (Lipinski definition) is 21. The van der Waals surface area contributed by atoms with Crippen molar-refractivity contribution < 1.29 is 99.7 Å². The second kappa shape index (κ2) is 28.3. The third-order valence-corrected chi connectivity index (χ3v) is 15.3. The molecule has 0 N–H and O–H groups in total. The first-order valence-electron chi connectivity index (χ1n) is 27.9. The lowest BCUT2D eigenvalue weighted by atomic mass is 9.96. The maximum absolute atomic E-state index is 14.4. The maximum Gasteiger partial charge on any atom is 0.339 e. The number of rotatable bonds is 22. The number of fused-ring (bicyclic) bond motifs is 1. The highest BCUT2D eigenvalue weighted by Gasteiger charge is 2.63. The topological polar surface area (TPSA) is 225 Å². The average molecular weight is 1190 g/mol. The summed E-state index contributed by atoms with van der Waals surface area (Å²) in [5, 5.41) is 0. The van der Waals surface area contributed by atoms with Crippen molar-refractivity contribution in [2.45, 2.75) is 119 Å². The molecule has 0 spiro atoms. The van der Waals surface area contributed by atoms with Crippen LogP contribution in [0.1, 0.15) is 56.0 Å². The van der Waals surface area contributed by atoms with Crippen molar-refractivity contribution in [3.63, 3.8) is 0 Å². The third kappa shape index (κ3) is 14.1. The molecule has 454 valence electrons. The van der Waals surface area contributed by atoms with E-state index in [9.17, 15) is 19.2 Å². The molecule has 6 aromatic rings. The van der Waals surface area contributed by atoms with E-state index in [4.69, 9.17) is 80.5 Å². The van der Waals surface area contributed by atoms with Gasteiger partial charge >= 0.3 is 23.9 Å². The molecule has 4 saturated heterocycles. The van der Waals surface area contributed by atoms with E-state index in [0.29, 0.717) is 11.5 Å². The van der Waals surface area contributed by atoms with Gasteiger partial charge in [0, 0.05) is 14.2 Å². The van der Waals surface area contributed by atoms with Gasteiger partial charge in [-0.15, -0.1) is 0 Å². The summed E-state index contributed by atoms with van der Waals surface area (Å²) in [5.74, 6) is -5.73. The summed E-state index contributed by atoms with van der Waals surface area (Å²) >= 11 is 0. The number of hydrogen-bond donors (Lipinski definition) is 0. The molecule has 0 amide bonds. The number of carbonyl (C=O) groups is 4. The summed E-state index contributed by atoms with van der Waals surface area (Å²) in [5.41, 5.74) is 1.97. The molecule has 86 heavy (non-hydrogen) atoms. The molecule has 0 bridgehead atoms. The molecule has 4 fully saturated rings. The minimum atomic E-state index is -1.73. The van der Waals surface area contributed by atoms with Gasteiger partial charge in [-0.1, -0.05) is 115 Å². The molecule has 0 aliphatic carbocycles. The zero-order valence-corrected chi connectivity index (χ0v) is 48.2. The maximum atomic E-state index is 14.4. The van der Waals surface area contributed by atoms with E-state index in [-0.39, 0.29) is 43.1 Å². The van der Waals surface area contributed by atoms with Crippen molar-refractivity contribution in [2.24, 2.45) is 0 Å². The molecule has 15 atom stereocenters. The molecule has 21 heteroatoms. The number of benzene rings is 6.